The Hall–Kier alpha value is -0.890. The fraction of sp³-hybridized carbons (Fsp3) is 0.455. The molecule has 1 aromatic carbocycles. The number of ether oxygens (including phenoxy) is 1. The normalized spacial score (nSPS) is 10.8. The van der Waals surface area contributed by atoms with Gasteiger partial charge in [0.25, 0.3) is 0 Å². The van der Waals surface area contributed by atoms with E-state index in [2.05, 4.69) is 0 Å². The molecule has 72 valence electrons. The molecule has 0 unspecified atom stereocenters. The van der Waals surface area contributed by atoms with Crippen molar-refractivity contribution in [3.05, 3.63) is 35.1 Å². The van der Waals surface area contributed by atoms with Crippen molar-refractivity contribution in [3.63, 3.8) is 0 Å². The van der Waals surface area contributed by atoms with Crippen LogP contribution in [-0.4, -0.2) is 6.10 Å². The first-order valence-corrected chi connectivity index (χ1v) is 4.47. The maximum atomic E-state index is 13.4. The molecule has 0 saturated carbocycles. The van der Waals surface area contributed by atoms with Gasteiger partial charge in [0.05, 0.1) is 12.7 Å². The Morgan fingerprint density at radius 2 is 2.08 bits per heavy atom. The van der Waals surface area contributed by atoms with Crippen LogP contribution in [0, 0.1) is 12.7 Å². The third-order valence-corrected chi connectivity index (χ3v) is 1.84. The summed E-state index contributed by atoms with van der Waals surface area (Å²) in [6.45, 7) is 5.99. The summed E-state index contributed by atoms with van der Waals surface area (Å²) in [4.78, 5) is 0. The first-order valence-electron chi connectivity index (χ1n) is 4.47. The van der Waals surface area contributed by atoms with E-state index in [0.29, 0.717) is 17.7 Å². The minimum absolute atomic E-state index is 0.139. The maximum Gasteiger partial charge on any atom is 0.131 e. The molecular formula is C11H15FO. The topological polar surface area (TPSA) is 9.23 Å². The minimum atomic E-state index is -0.150. The largest absolute Gasteiger partial charge is 0.374 e. The highest BCUT2D eigenvalue weighted by Gasteiger charge is 2.04. The summed E-state index contributed by atoms with van der Waals surface area (Å²) in [5.41, 5.74) is 1.30. The van der Waals surface area contributed by atoms with Crippen LogP contribution in [-0.2, 0) is 11.3 Å². The number of aryl methyl sites for hydroxylation is 1. The van der Waals surface area contributed by atoms with Crippen molar-refractivity contribution in [2.24, 2.45) is 0 Å². The molecule has 0 amide bonds. The van der Waals surface area contributed by atoms with Crippen LogP contribution in [0.5, 0.6) is 0 Å². The second-order valence-corrected chi connectivity index (χ2v) is 3.41. The van der Waals surface area contributed by atoms with Crippen LogP contribution >= 0.6 is 0 Å². The summed E-state index contributed by atoms with van der Waals surface area (Å²) in [5, 5.41) is 0. The average Bonchev–Trinajstić information content (AvgIpc) is 2.07. The zero-order chi connectivity index (χ0) is 9.84. The van der Waals surface area contributed by atoms with Crippen LogP contribution < -0.4 is 0 Å². The van der Waals surface area contributed by atoms with Gasteiger partial charge in [-0.05, 0) is 26.3 Å². The highest BCUT2D eigenvalue weighted by molar-refractivity contribution is 5.24. The van der Waals surface area contributed by atoms with Gasteiger partial charge in [0, 0.05) is 5.56 Å². The molecule has 0 N–H and O–H groups in total. The molecule has 0 aliphatic rings. The third-order valence-electron chi connectivity index (χ3n) is 1.84. The van der Waals surface area contributed by atoms with Crippen molar-refractivity contribution in [2.75, 3.05) is 0 Å². The Labute approximate surface area is 78.5 Å². The molecule has 0 radical (unpaired) electrons. The van der Waals surface area contributed by atoms with Crippen LogP contribution in [0.1, 0.15) is 25.0 Å². The lowest BCUT2D eigenvalue weighted by molar-refractivity contribution is 0.0638. The standard InChI is InChI=1S/C11H15FO/c1-8(2)13-7-10-6-4-5-9(3)11(10)12/h4-6,8H,7H2,1-3H3. The van der Waals surface area contributed by atoms with Crippen molar-refractivity contribution >= 4 is 0 Å². The van der Waals surface area contributed by atoms with Crippen LogP contribution in [0.3, 0.4) is 0 Å². The van der Waals surface area contributed by atoms with E-state index in [1.165, 1.54) is 0 Å². The van der Waals surface area contributed by atoms with Crippen molar-refractivity contribution < 1.29 is 9.13 Å². The Bertz CT molecular complexity index is 281. The predicted octanol–water partition coefficient (Wildman–Crippen LogP) is 3.06. The van der Waals surface area contributed by atoms with Crippen molar-refractivity contribution in [3.8, 4) is 0 Å². The molecular weight excluding hydrogens is 167 g/mol. The van der Waals surface area contributed by atoms with Gasteiger partial charge in [-0.2, -0.15) is 0 Å². The summed E-state index contributed by atoms with van der Waals surface area (Å²) in [6, 6.07) is 5.36. The van der Waals surface area contributed by atoms with Crippen LogP contribution in [0.4, 0.5) is 4.39 Å². The van der Waals surface area contributed by atoms with E-state index < -0.39 is 0 Å². The number of halogens is 1. The molecule has 2 heteroatoms. The van der Waals surface area contributed by atoms with Gasteiger partial charge in [0.2, 0.25) is 0 Å². The highest BCUT2D eigenvalue weighted by atomic mass is 19.1. The summed E-state index contributed by atoms with van der Waals surface area (Å²) >= 11 is 0. The smallest absolute Gasteiger partial charge is 0.131 e. The van der Waals surface area contributed by atoms with E-state index in [0.717, 1.165) is 0 Å². The van der Waals surface area contributed by atoms with E-state index in [1.54, 1.807) is 19.1 Å². The van der Waals surface area contributed by atoms with Crippen molar-refractivity contribution in [1.82, 2.24) is 0 Å². The fourth-order valence-corrected chi connectivity index (χ4v) is 1.08. The van der Waals surface area contributed by atoms with E-state index in [4.69, 9.17) is 4.74 Å². The molecule has 13 heavy (non-hydrogen) atoms. The quantitative estimate of drug-likeness (QED) is 0.698. The van der Waals surface area contributed by atoms with Crippen molar-refractivity contribution in [2.45, 2.75) is 33.5 Å². The molecule has 0 aliphatic carbocycles. The van der Waals surface area contributed by atoms with Gasteiger partial charge in [-0.25, -0.2) is 4.39 Å². The second kappa shape index (κ2) is 4.38. The first kappa shape index (κ1) is 10.2. The first-order chi connectivity index (χ1) is 6.11. The minimum Gasteiger partial charge on any atom is -0.374 e. The Balaban J connectivity index is 2.71. The Kier molecular flexibility index (Phi) is 3.43. The summed E-state index contributed by atoms with van der Waals surface area (Å²) in [5.74, 6) is -0.150. The van der Waals surface area contributed by atoms with Gasteiger partial charge in [0.1, 0.15) is 5.82 Å². The molecule has 0 atom stereocenters. The zero-order valence-corrected chi connectivity index (χ0v) is 8.30. The number of benzene rings is 1. The fourth-order valence-electron chi connectivity index (χ4n) is 1.08. The van der Waals surface area contributed by atoms with Crippen molar-refractivity contribution in [1.29, 1.82) is 0 Å². The molecule has 0 spiro atoms. The van der Waals surface area contributed by atoms with Gasteiger partial charge in [-0.3, -0.25) is 0 Å². The molecule has 0 fully saturated rings. The summed E-state index contributed by atoms with van der Waals surface area (Å²) < 4.78 is 18.7. The average molecular weight is 182 g/mol. The van der Waals surface area contributed by atoms with E-state index in [1.807, 2.05) is 19.9 Å². The van der Waals surface area contributed by atoms with Crippen LogP contribution in [0.25, 0.3) is 0 Å². The predicted molar refractivity (Wildman–Crippen MR) is 51.1 cm³/mol. The highest BCUT2D eigenvalue weighted by Crippen LogP contribution is 2.13. The molecule has 1 rings (SSSR count). The van der Waals surface area contributed by atoms with Gasteiger partial charge in [-0.15, -0.1) is 0 Å². The number of rotatable bonds is 3. The lowest BCUT2D eigenvalue weighted by Crippen LogP contribution is -2.04. The monoisotopic (exact) mass is 182 g/mol. The summed E-state index contributed by atoms with van der Waals surface area (Å²) in [6.07, 6.45) is 0.139. The molecule has 0 saturated heterocycles. The summed E-state index contributed by atoms with van der Waals surface area (Å²) in [7, 11) is 0. The Morgan fingerprint density at radius 3 is 2.69 bits per heavy atom. The zero-order valence-electron chi connectivity index (χ0n) is 8.30. The van der Waals surface area contributed by atoms with Gasteiger partial charge in [0.15, 0.2) is 0 Å². The molecule has 1 nitrogen and oxygen atoms in total. The van der Waals surface area contributed by atoms with Gasteiger partial charge >= 0.3 is 0 Å². The molecule has 1 aromatic rings. The third kappa shape index (κ3) is 2.81. The number of hydrogen-bond acceptors (Lipinski definition) is 1. The lowest BCUT2D eigenvalue weighted by atomic mass is 10.1. The van der Waals surface area contributed by atoms with Crippen LogP contribution in [0.15, 0.2) is 18.2 Å². The maximum absolute atomic E-state index is 13.4. The molecule has 0 heterocycles. The van der Waals surface area contributed by atoms with E-state index >= 15 is 0 Å². The van der Waals surface area contributed by atoms with Gasteiger partial charge < -0.3 is 4.74 Å². The number of hydrogen-bond donors (Lipinski definition) is 0. The van der Waals surface area contributed by atoms with Crippen LogP contribution in [0.2, 0.25) is 0 Å². The lowest BCUT2D eigenvalue weighted by Gasteiger charge is -2.09. The molecule has 0 aromatic heterocycles. The van der Waals surface area contributed by atoms with E-state index in [9.17, 15) is 4.39 Å². The molecule has 0 bridgehead atoms. The van der Waals surface area contributed by atoms with Gasteiger partial charge in [-0.1, -0.05) is 18.2 Å². The van der Waals surface area contributed by atoms with E-state index in [-0.39, 0.29) is 11.9 Å². The molecule has 0 aliphatic heterocycles. The Morgan fingerprint density at radius 1 is 1.38 bits per heavy atom. The SMILES string of the molecule is Cc1cccc(COC(C)C)c1F. The second-order valence-electron chi connectivity index (χ2n) is 3.41.